The van der Waals surface area contributed by atoms with Gasteiger partial charge in [0, 0.05) is 43.2 Å². The number of ether oxygens (including phenoxy) is 1. The zero-order valence-corrected chi connectivity index (χ0v) is 23.2. The minimum Gasteiger partial charge on any atom is -0.497 e. The van der Waals surface area contributed by atoms with Gasteiger partial charge in [0.05, 0.1) is 23.9 Å². The molecule has 0 unspecified atom stereocenters. The lowest BCUT2D eigenvalue weighted by Gasteiger charge is -2.35. The van der Waals surface area contributed by atoms with Crippen LogP contribution in [-0.2, 0) is 4.79 Å². The molecule has 0 spiro atoms. The molecule has 1 saturated heterocycles. The smallest absolute Gasteiger partial charge is 0.252 e. The van der Waals surface area contributed by atoms with Crippen molar-refractivity contribution in [3.63, 3.8) is 0 Å². The number of likely N-dealkylation sites (N-methyl/N-ethyl adjacent to an activating group) is 1. The fourth-order valence-corrected chi connectivity index (χ4v) is 5.46. The molecule has 0 saturated carbocycles. The molecule has 0 bridgehead atoms. The lowest BCUT2D eigenvalue weighted by Crippen LogP contribution is -2.51. The number of hydrogen-bond acceptors (Lipinski definition) is 5. The Morgan fingerprint density at radius 1 is 0.829 bits per heavy atom. The molecule has 6 rings (SSSR count). The van der Waals surface area contributed by atoms with Crippen molar-refractivity contribution in [2.24, 2.45) is 0 Å². The second-order valence-corrected chi connectivity index (χ2v) is 10.4. The summed E-state index contributed by atoms with van der Waals surface area (Å²) in [4.78, 5) is 37.0. The van der Waals surface area contributed by atoms with E-state index < -0.39 is 6.04 Å². The normalized spacial score (nSPS) is 14.6. The summed E-state index contributed by atoms with van der Waals surface area (Å²) < 4.78 is 5.47. The Morgan fingerprint density at radius 2 is 1.56 bits per heavy atom. The van der Waals surface area contributed by atoms with Crippen LogP contribution < -0.4 is 10.1 Å². The second kappa shape index (κ2) is 11.4. The van der Waals surface area contributed by atoms with Crippen LogP contribution in [0.3, 0.4) is 0 Å². The number of carbonyl (C=O) groups is 2. The predicted molar refractivity (Wildman–Crippen MR) is 162 cm³/mol. The third kappa shape index (κ3) is 5.36. The van der Waals surface area contributed by atoms with Gasteiger partial charge in [-0.1, -0.05) is 72.8 Å². The molecule has 1 aliphatic rings. The van der Waals surface area contributed by atoms with Gasteiger partial charge in [0.25, 0.3) is 5.91 Å². The summed E-state index contributed by atoms with van der Waals surface area (Å²) in [7, 11) is 3.66. The number of nitrogens with zero attached hydrogens (tertiary/aromatic N) is 3. The van der Waals surface area contributed by atoms with Gasteiger partial charge >= 0.3 is 0 Å². The number of fused-ring (bicyclic) bond motifs is 2. The average Bonchev–Trinajstić information content (AvgIpc) is 3.02. The molecule has 5 aromatic rings. The fourth-order valence-electron chi connectivity index (χ4n) is 5.46. The minimum atomic E-state index is -0.811. The highest BCUT2D eigenvalue weighted by molar-refractivity contribution is 6.09. The van der Waals surface area contributed by atoms with Crippen molar-refractivity contribution in [1.82, 2.24) is 20.1 Å². The van der Waals surface area contributed by atoms with Crippen LogP contribution in [0.2, 0.25) is 0 Å². The number of nitrogens with one attached hydrogen (secondary N) is 1. The molecule has 1 aliphatic heterocycles. The molecule has 0 aliphatic carbocycles. The van der Waals surface area contributed by atoms with Crippen LogP contribution in [0.15, 0.2) is 97.1 Å². The van der Waals surface area contributed by atoms with Gasteiger partial charge in [-0.3, -0.25) is 9.59 Å². The van der Waals surface area contributed by atoms with Crippen molar-refractivity contribution in [3.05, 3.63) is 108 Å². The number of amides is 2. The number of methoxy groups -OCH3 is 1. The predicted octanol–water partition coefficient (Wildman–Crippen LogP) is 5.31. The van der Waals surface area contributed by atoms with Gasteiger partial charge in [0.15, 0.2) is 0 Å². The maximum Gasteiger partial charge on any atom is 0.252 e. The van der Waals surface area contributed by atoms with E-state index in [1.165, 1.54) is 0 Å². The van der Waals surface area contributed by atoms with Gasteiger partial charge in [0.1, 0.15) is 11.8 Å². The Bertz CT molecular complexity index is 1720. The van der Waals surface area contributed by atoms with E-state index in [0.717, 1.165) is 35.0 Å². The van der Waals surface area contributed by atoms with Gasteiger partial charge < -0.3 is 19.9 Å². The first-order valence-corrected chi connectivity index (χ1v) is 13.8. The van der Waals surface area contributed by atoms with Crippen molar-refractivity contribution in [3.8, 4) is 17.0 Å². The molecule has 1 aromatic heterocycles. The molecular formula is C34H32N4O3. The van der Waals surface area contributed by atoms with Crippen LogP contribution in [-0.4, -0.2) is 66.9 Å². The number of piperazine rings is 1. The topological polar surface area (TPSA) is 74.8 Å². The van der Waals surface area contributed by atoms with E-state index >= 15 is 0 Å². The van der Waals surface area contributed by atoms with Crippen molar-refractivity contribution in [2.45, 2.75) is 6.04 Å². The fraction of sp³-hybridized carbons (Fsp3) is 0.206. The van der Waals surface area contributed by atoms with Gasteiger partial charge in [-0.2, -0.15) is 0 Å². The number of hydrogen-bond donors (Lipinski definition) is 1. The van der Waals surface area contributed by atoms with Crippen molar-refractivity contribution >= 4 is 33.5 Å². The number of benzene rings is 4. The largest absolute Gasteiger partial charge is 0.497 e. The minimum absolute atomic E-state index is 0.105. The Labute approximate surface area is 239 Å². The van der Waals surface area contributed by atoms with Crippen LogP contribution in [0.4, 0.5) is 0 Å². The molecule has 4 aromatic carbocycles. The molecule has 7 heteroatoms. The Balaban J connectivity index is 1.44. The van der Waals surface area contributed by atoms with Crippen molar-refractivity contribution in [1.29, 1.82) is 0 Å². The summed E-state index contributed by atoms with van der Waals surface area (Å²) in [5, 5.41) is 5.91. The van der Waals surface area contributed by atoms with Crippen LogP contribution in [0.25, 0.3) is 32.9 Å². The monoisotopic (exact) mass is 544 g/mol. The van der Waals surface area contributed by atoms with E-state index in [1.807, 2.05) is 83.8 Å². The molecule has 41 heavy (non-hydrogen) atoms. The summed E-state index contributed by atoms with van der Waals surface area (Å²) in [6, 6.07) is 30.2. The number of pyridine rings is 1. The van der Waals surface area contributed by atoms with E-state index in [1.54, 1.807) is 7.11 Å². The first kappa shape index (κ1) is 26.5. The third-order valence-corrected chi connectivity index (χ3v) is 7.80. The molecule has 1 atom stereocenters. The molecule has 0 radical (unpaired) electrons. The summed E-state index contributed by atoms with van der Waals surface area (Å²) in [5.41, 5.74) is 3.44. The molecule has 1 fully saturated rings. The number of rotatable bonds is 6. The summed E-state index contributed by atoms with van der Waals surface area (Å²) in [5.74, 6) is 0.214. The maximum absolute atomic E-state index is 14.1. The lowest BCUT2D eigenvalue weighted by atomic mass is 9.98. The molecule has 7 nitrogen and oxygen atoms in total. The molecule has 206 valence electrons. The van der Waals surface area contributed by atoms with Gasteiger partial charge in [-0.15, -0.1) is 0 Å². The highest BCUT2D eigenvalue weighted by atomic mass is 16.5. The van der Waals surface area contributed by atoms with Crippen LogP contribution in [0.1, 0.15) is 22.0 Å². The van der Waals surface area contributed by atoms with Crippen molar-refractivity contribution < 1.29 is 14.3 Å². The standard InChI is InChI=1S/C34H32N4O3/c1-37-17-19-38(20-18-37)34(40)32(24-10-4-3-5-11-24)36-33(39)29-22-31(35-30-21-25(41-2)15-16-28(29)30)27-14-8-12-23-9-6-7-13-26(23)27/h3-16,21-22,32H,17-20H2,1-2H3,(H,36,39)/t32-/m1/s1. The highest BCUT2D eigenvalue weighted by Gasteiger charge is 2.30. The highest BCUT2D eigenvalue weighted by Crippen LogP contribution is 2.32. The van der Waals surface area contributed by atoms with Gasteiger partial charge in [0.2, 0.25) is 5.91 Å². The van der Waals surface area contributed by atoms with E-state index in [-0.39, 0.29) is 11.8 Å². The average molecular weight is 545 g/mol. The molecule has 2 amide bonds. The van der Waals surface area contributed by atoms with Gasteiger partial charge in [-0.25, -0.2) is 4.98 Å². The van der Waals surface area contributed by atoms with Crippen molar-refractivity contribution in [2.75, 3.05) is 40.3 Å². The third-order valence-electron chi connectivity index (χ3n) is 7.80. The first-order valence-electron chi connectivity index (χ1n) is 13.8. The van der Waals surface area contributed by atoms with Crippen LogP contribution in [0, 0.1) is 0 Å². The van der Waals surface area contributed by atoms with E-state index in [2.05, 4.69) is 35.5 Å². The Morgan fingerprint density at radius 3 is 2.34 bits per heavy atom. The quantitative estimate of drug-likeness (QED) is 0.314. The molecular weight excluding hydrogens is 512 g/mol. The van der Waals surface area contributed by atoms with Gasteiger partial charge in [-0.05, 0) is 41.6 Å². The summed E-state index contributed by atoms with van der Waals surface area (Å²) >= 11 is 0. The Hall–Kier alpha value is -4.75. The molecule has 1 N–H and O–H groups in total. The zero-order chi connectivity index (χ0) is 28.3. The van der Waals surface area contributed by atoms with E-state index in [0.29, 0.717) is 41.0 Å². The lowest BCUT2D eigenvalue weighted by molar-refractivity contribution is -0.135. The number of carbonyl (C=O) groups excluding carboxylic acids is 2. The van der Waals surface area contributed by atoms with E-state index in [9.17, 15) is 9.59 Å². The SMILES string of the molecule is COc1ccc2c(C(=O)N[C@@H](C(=O)N3CCN(C)CC3)c3ccccc3)cc(-c3cccc4ccccc34)nc2c1. The zero-order valence-electron chi connectivity index (χ0n) is 23.2. The molecule has 2 heterocycles. The summed E-state index contributed by atoms with van der Waals surface area (Å²) in [6.07, 6.45) is 0. The maximum atomic E-state index is 14.1. The number of aromatic nitrogens is 1. The van der Waals surface area contributed by atoms with E-state index in [4.69, 9.17) is 9.72 Å². The second-order valence-electron chi connectivity index (χ2n) is 10.4. The first-order chi connectivity index (χ1) is 20.0. The summed E-state index contributed by atoms with van der Waals surface area (Å²) in [6.45, 7) is 2.84. The van der Waals surface area contributed by atoms with Crippen LogP contribution >= 0.6 is 0 Å². The Kier molecular flexibility index (Phi) is 7.35. The van der Waals surface area contributed by atoms with Crippen LogP contribution in [0.5, 0.6) is 5.75 Å².